The van der Waals surface area contributed by atoms with Gasteiger partial charge in [-0.1, -0.05) is 0 Å². The minimum atomic E-state index is -0.482. The van der Waals surface area contributed by atoms with Crippen molar-refractivity contribution < 1.29 is 14.5 Å². The molecular formula is C11H18N4O4. The van der Waals surface area contributed by atoms with Crippen LogP contribution in [0, 0.1) is 17.0 Å². The molecule has 1 aromatic rings. The Morgan fingerprint density at radius 1 is 1.58 bits per heavy atom. The van der Waals surface area contributed by atoms with E-state index >= 15 is 0 Å². The number of carbonyl (C=O) groups excluding carboxylic acids is 1. The van der Waals surface area contributed by atoms with E-state index in [1.807, 2.05) is 13.8 Å². The third kappa shape index (κ3) is 3.01. The monoisotopic (exact) mass is 270 g/mol. The minimum absolute atomic E-state index is 0.0532. The molecule has 0 aliphatic heterocycles. The Balaban J connectivity index is 3.29. The highest BCUT2D eigenvalue weighted by Crippen LogP contribution is 2.32. The number of aryl methyl sites for hydroxylation is 1. The van der Waals surface area contributed by atoms with Gasteiger partial charge in [0.25, 0.3) is 0 Å². The summed E-state index contributed by atoms with van der Waals surface area (Å²) in [5, 5.41) is 15.3. The zero-order chi connectivity index (χ0) is 14.7. The second kappa shape index (κ2) is 5.68. The van der Waals surface area contributed by atoms with Gasteiger partial charge in [-0.3, -0.25) is 14.9 Å². The van der Waals surface area contributed by atoms with Crippen molar-refractivity contribution in [1.29, 1.82) is 0 Å². The molecule has 0 atom stereocenters. The largest absolute Gasteiger partial charge is 0.468 e. The van der Waals surface area contributed by atoms with E-state index in [-0.39, 0.29) is 18.3 Å². The molecule has 0 saturated heterocycles. The van der Waals surface area contributed by atoms with Crippen LogP contribution in [0.1, 0.15) is 25.6 Å². The second-order valence-electron chi connectivity index (χ2n) is 4.49. The number of methoxy groups -OCH3 is 1. The molecule has 0 aliphatic rings. The van der Waals surface area contributed by atoms with E-state index in [4.69, 9.17) is 0 Å². The van der Waals surface area contributed by atoms with Crippen LogP contribution in [0.15, 0.2) is 0 Å². The molecule has 0 spiro atoms. The standard InChI is InChI=1S/C11H18N4O4/c1-7(2)14-11(13(4)6-9(16)19-5)10(15(17)18)8(3)12-14/h7H,6H2,1-5H3. The number of carbonyl (C=O) groups is 1. The summed E-state index contributed by atoms with van der Waals surface area (Å²) in [6.45, 7) is 5.24. The van der Waals surface area contributed by atoms with Crippen LogP contribution < -0.4 is 4.90 Å². The Labute approximate surface area is 111 Å². The number of aromatic nitrogens is 2. The number of anilines is 1. The van der Waals surface area contributed by atoms with Crippen molar-refractivity contribution in [3.05, 3.63) is 15.8 Å². The van der Waals surface area contributed by atoms with E-state index in [2.05, 4.69) is 9.84 Å². The molecule has 0 amide bonds. The normalized spacial score (nSPS) is 10.6. The second-order valence-corrected chi connectivity index (χ2v) is 4.49. The van der Waals surface area contributed by atoms with E-state index in [9.17, 15) is 14.9 Å². The molecule has 19 heavy (non-hydrogen) atoms. The Hall–Kier alpha value is -2.12. The zero-order valence-electron chi connectivity index (χ0n) is 11.7. The Morgan fingerprint density at radius 3 is 2.58 bits per heavy atom. The average Bonchev–Trinajstić information content (AvgIpc) is 2.66. The summed E-state index contributed by atoms with van der Waals surface area (Å²) in [4.78, 5) is 23.4. The van der Waals surface area contributed by atoms with Gasteiger partial charge in [-0.05, 0) is 20.8 Å². The number of hydrogen-bond acceptors (Lipinski definition) is 6. The molecule has 106 valence electrons. The molecule has 1 heterocycles. The van der Waals surface area contributed by atoms with Gasteiger partial charge in [0.15, 0.2) is 0 Å². The highest BCUT2D eigenvalue weighted by molar-refractivity contribution is 5.76. The number of likely N-dealkylation sites (N-methyl/N-ethyl adjacent to an activating group) is 1. The molecule has 0 aromatic carbocycles. The first kappa shape index (κ1) is 14.9. The number of nitrogens with zero attached hydrogens (tertiary/aromatic N) is 4. The van der Waals surface area contributed by atoms with Crippen molar-refractivity contribution in [2.24, 2.45) is 0 Å². The van der Waals surface area contributed by atoms with Gasteiger partial charge in [-0.25, -0.2) is 4.68 Å². The first-order chi connectivity index (χ1) is 8.79. The van der Waals surface area contributed by atoms with Gasteiger partial charge in [-0.15, -0.1) is 0 Å². The smallest absolute Gasteiger partial charge is 0.333 e. The molecule has 8 heteroatoms. The Bertz CT molecular complexity index is 495. The quantitative estimate of drug-likeness (QED) is 0.455. The van der Waals surface area contributed by atoms with E-state index in [1.54, 1.807) is 14.0 Å². The van der Waals surface area contributed by atoms with Crippen molar-refractivity contribution in [3.63, 3.8) is 0 Å². The van der Waals surface area contributed by atoms with Gasteiger partial charge < -0.3 is 9.64 Å². The first-order valence-corrected chi connectivity index (χ1v) is 5.81. The molecule has 0 fully saturated rings. The lowest BCUT2D eigenvalue weighted by atomic mass is 10.3. The highest BCUT2D eigenvalue weighted by atomic mass is 16.6. The van der Waals surface area contributed by atoms with Crippen LogP contribution in [0.5, 0.6) is 0 Å². The molecule has 0 saturated carbocycles. The number of rotatable bonds is 5. The number of esters is 1. The van der Waals surface area contributed by atoms with Crippen molar-refractivity contribution in [3.8, 4) is 0 Å². The van der Waals surface area contributed by atoms with Crippen molar-refractivity contribution in [2.75, 3.05) is 25.6 Å². The molecule has 0 bridgehead atoms. The molecule has 8 nitrogen and oxygen atoms in total. The number of ether oxygens (including phenoxy) is 1. The van der Waals surface area contributed by atoms with Gasteiger partial charge in [0, 0.05) is 13.1 Å². The SMILES string of the molecule is COC(=O)CN(C)c1c([N+](=O)[O-])c(C)nn1C(C)C. The summed E-state index contributed by atoms with van der Waals surface area (Å²) in [6.07, 6.45) is 0. The van der Waals surface area contributed by atoms with Crippen LogP contribution in [0.25, 0.3) is 0 Å². The van der Waals surface area contributed by atoms with Crippen LogP contribution in [-0.4, -0.2) is 41.4 Å². The third-order valence-electron chi connectivity index (χ3n) is 2.66. The van der Waals surface area contributed by atoms with E-state index < -0.39 is 10.9 Å². The fraction of sp³-hybridized carbons (Fsp3) is 0.636. The Kier molecular flexibility index (Phi) is 4.47. The van der Waals surface area contributed by atoms with Crippen LogP contribution in [0.3, 0.4) is 0 Å². The predicted molar refractivity (Wildman–Crippen MR) is 69.3 cm³/mol. The molecule has 0 radical (unpaired) electrons. The molecule has 0 N–H and O–H groups in total. The lowest BCUT2D eigenvalue weighted by Crippen LogP contribution is -2.29. The van der Waals surface area contributed by atoms with Crippen molar-refractivity contribution in [1.82, 2.24) is 9.78 Å². The van der Waals surface area contributed by atoms with Gasteiger partial charge in [0.1, 0.15) is 12.2 Å². The summed E-state index contributed by atoms with van der Waals surface area (Å²) in [7, 11) is 2.87. The first-order valence-electron chi connectivity index (χ1n) is 5.81. The summed E-state index contributed by atoms with van der Waals surface area (Å²) in [5.41, 5.74) is 0.241. The topological polar surface area (TPSA) is 90.5 Å². The maximum absolute atomic E-state index is 11.3. The molecular weight excluding hydrogens is 252 g/mol. The fourth-order valence-corrected chi connectivity index (χ4v) is 1.79. The van der Waals surface area contributed by atoms with E-state index in [1.165, 1.54) is 16.7 Å². The minimum Gasteiger partial charge on any atom is -0.468 e. The zero-order valence-corrected chi connectivity index (χ0v) is 11.7. The summed E-state index contributed by atoms with van der Waals surface area (Å²) < 4.78 is 6.11. The van der Waals surface area contributed by atoms with Crippen molar-refractivity contribution in [2.45, 2.75) is 26.8 Å². The Morgan fingerprint density at radius 2 is 2.16 bits per heavy atom. The van der Waals surface area contributed by atoms with Gasteiger partial charge >= 0.3 is 11.7 Å². The van der Waals surface area contributed by atoms with E-state index in [0.29, 0.717) is 11.5 Å². The maximum atomic E-state index is 11.3. The molecule has 0 aliphatic carbocycles. The fourth-order valence-electron chi connectivity index (χ4n) is 1.79. The van der Waals surface area contributed by atoms with Crippen LogP contribution in [0.2, 0.25) is 0 Å². The lowest BCUT2D eigenvalue weighted by Gasteiger charge is -2.19. The van der Waals surface area contributed by atoms with Crippen LogP contribution in [-0.2, 0) is 9.53 Å². The summed E-state index contributed by atoms with van der Waals surface area (Å²) >= 11 is 0. The predicted octanol–water partition coefficient (Wildman–Crippen LogP) is 1.29. The summed E-state index contributed by atoms with van der Waals surface area (Å²) in [5.74, 6) is -0.158. The maximum Gasteiger partial charge on any atom is 0.333 e. The van der Waals surface area contributed by atoms with Crippen LogP contribution in [0.4, 0.5) is 11.5 Å². The summed E-state index contributed by atoms with van der Waals surface area (Å²) in [6, 6.07) is -0.0532. The average molecular weight is 270 g/mol. The number of nitro groups is 1. The van der Waals surface area contributed by atoms with Crippen LogP contribution >= 0.6 is 0 Å². The van der Waals surface area contributed by atoms with Gasteiger partial charge in [-0.2, -0.15) is 5.10 Å². The highest BCUT2D eigenvalue weighted by Gasteiger charge is 2.29. The third-order valence-corrected chi connectivity index (χ3v) is 2.66. The van der Waals surface area contributed by atoms with Gasteiger partial charge in [0.05, 0.1) is 12.0 Å². The van der Waals surface area contributed by atoms with Gasteiger partial charge in [0.2, 0.25) is 5.82 Å². The van der Waals surface area contributed by atoms with E-state index in [0.717, 1.165) is 0 Å². The molecule has 1 aromatic heterocycles. The van der Waals surface area contributed by atoms with Crippen molar-refractivity contribution >= 4 is 17.5 Å². The number of hydrogen-bond donors (Lipinski definition) is 0. The molecule has 0 unspecified atom stereocenters. The lowest BCUT2D eigenvalue weighted by molar-refractivity contribution is -0.384. The molecule has 1 rings (SSSR count).